The number of carbonyl (C=O) groups excluding carboxylic acids is 2. The van der Waals surface area contributed by atoms with E-state index in [1.807, 2.05) is 43.3 Å². The van der Waals surface area contributed by atoms with Crippen molar-refractivity contribution in [1.29, 1.82) is 0 Å². The van der Waals surface area contributed by atoms with Crippen molar-refractivity contribution >= 4 is 23.3 Å². The molecule has 0 heterocycles. The number of rotatable bonds is 7. The lowest BCUT2D eigenvalue weighted by Gasteiger charge is -2.13. The van der Waals surface area contributed by atoms with Gasteiger partial charge in [0.2, 0.25) is 0 Å². The molecule has 0 radical (unpaired) electrons. The predicted molar refractivity (Wildman–Crippen MR) is 85.7 cm³/mol. The molecule has 0 saturated carbocycles. The van der Waals surface area contributed by atoms with E-state index in [2.05, 4.69) is 5.32 Å². The number of esters is 2. The van der Waals surface area contributed by atoms with Crippen molar-refractivity contribution in [3.05, 3.63) is 36.0 Å². The lowest BCUT2D eigenvalue weighted by molar-refractivity contribution is -0.146. The van der Waals surface area contributed by atoms with Gasteiger partial charge in [-0.05, 0) is 32.0 Å². The average molecular weight is 306 g/mol. The minimum absolute atomic E-state index is 0.168. The molecule has 1 aromatic carbocycles. The van der Waals surface area contributed by atoms with Crippen LogP contribution in [-0.2, 0) is 19.1 Å². The third kappa shape index (κ3) is 5.12. The monoisotopic (exact) mass is 306 g/mol. The molecule has 22 heavy (non-hydrogen) atoms. The second kappa shape index (κ2) is 8.71. The van der Waals surface area contributed by atoms with E-state index in [-0.39, 0.29) is 18.8 Å². The fourth-order valence-corrected chi connectivity index (χ4v) is 1.65. The highest BCUT2D eigenvalue weighted by atomic mass is 16.6. The maximum absolute atomic E-state index is 11.8. The molecule has 0 aromatic heterocycles. The van der Waals surface area contributed by atoms with Gasteiger partial charge in [-0.1, -0.05) is 6.07 Å². The van der Waals surface area contributed by atoms with Crippen LogP contribution < -0.4 is 10.2 Å². The number of nitrogens with zero attached hydrogens (tertiary/aromatic N) is 1. The van der Waals surface area contributed by atoms with Crippen LogP contribution in [0.3, 0.4) is 0 Å². The molecule has 0 atom stereocenters. The number of hydrogen-bond acceptors (Lipinski definition) is 6. The zero-order valence-corrected chi connectivity index (χ0v) is 13.4. The molecule has 0 bridgehead atoms. The first-order chi connectivity index (χ1) is 10.5. The predicted octanol–water partition coefficient (Wildman–Crippen LogP) is 2.17. The van der Waals surface area contributed by atoms with Gasteiger partial charge in [-0.3, -0.25) is 0 Å². The maximum atomic E-state index is 11.8. The molecule has 0 aliphatic carbocycles. The minimum Gasteiger partial charge on any atom is -0.462 e. The zero-order chi connectivity index (χ0) is 16.5. The Balaban J connectivity index is 2.94. The first-order valence-electron chi connectivity index (χ1n) is 7.07. The number of benzene rings is 1. The van der Waals surface area contributed by atoms with Gasteiger partial charge in [0.25, 0.3) is 0 Å². The lowest BCUT2D eigenvalue weighted by Crippen LogP contribution is -2.19. The fraction of sp³-hybridized carbons (Fsp3) is 0.375. The topological polar surface area (TPSA) is 67.9 Å². The SMILES string of the molecule is CCOC(=O)C(=CNc1cccc(N(C)C)c1)C(=O)OCC. The summed E-state index contributed by atoms with van der Waals surface area (Å²) in [5.41, 5.74) is 1.57. The van der Waals surface area contributed by atoms with Gasteiger partial charge in [0.05, 0.1) is 13.2 Å². The van der Waals surface area contributed by atoms with E-state index in [0.717, 1.165) is 11.4 Å². The molecule has 0 aliphatic heterocycles. The summed E-state index contributed by atoms with van der Waals surface area (Å²) in [7, 11) is 3.86. The molecule has 0 amide bonds. The first kappa shape index (κ1) is 17.6. The summed E-state index contributed by atoms with van der Waals surface area (Å²) in [6.45, 7) is 3.72. The van der Waals surface area contributed by atoms with Crippen LogP contribution in [-0.4, -0.2) is 39.2 Å². The van der Waals surface area contributed by atoms with Crippen LogP contribution >= 0.6 is 0 Å². The van der Waals surface area contributed by atoms with Gasteiger partial charge in [0.15, 0.2) is 5.57 Å². The van der Waals surface area contributed by atoms with Crippen molar-refractivity contribution < 1.29 is 19.1 Å². The van der Waals surface area contributed by atoms with Gasteiger partial charge in [-0.15, -0.1) is 0 Å². The van der Waals surface area contributed by atoms with Crippen molar-refractivity contribution in [1.82, 2.24) is 0 Å². The number of anilines is 2. The van der Waals surface area contributed by atoms with E-state index >= 15 is 0 Å². The van der Waals surface area contributed by atoms with Gasteiger partial charge in [-0.25, -0.2) is 9.59 Å². The normalized spacial score (nSPS) is 9.64. The second-order valence-electron chi connectivity index (χ2n) is 4.59. The Bertz CT molecular complexity index is 533. The Labute approximate surface area is 130 Å². The first-order valence-corrected chi connectivity index (χ1v) is 7.07. The molecule has 1 rings (SSSR count). The Kier molecular flexibility index (Phi) is 6.95. The number of hydrogen-bond donors (Lipinski definition) is 1. The number of carbonyl (C=O) groups is 2. The summed E-state index contributed by atoms with van der Waals surface area (Å²) in [6, 6.07) is 7.55. The lowest BCUT2D eigenvalue weighted by atomic mass is 10.2. The quantitative estimate of drug-likeness (QED) is 0.360. The van der Waals surface area contributed by atoms with Crippen molar-refractivity contribution in [2.75, 3.05) is 37.5 Å². The number of nitrogens with one attached hydrogen (secondary N) is 1. The molecule has 6 nitrogen and oxygen atoms in total. The summed E-state index contributed by atoms with van der Waals surface area (Å²) >= 11 is 0. The number of ether oxygens (including phenoxy) is 2. The van der Waals surface area contributed by atoms with E-state index in [1.54, 1.807) is 13.8 Å². The van der Waals surface area contributed by atoms with Crippen molar-refractivity contribution in [3.8, 4) is 0 Å². The van der Waals surface area contributed by atoms with Gasteiger partial charge in [-0.2, -0.15) is 0 Å². The summed E-state index contributed by atoms with van der Waals surface area (Å²) in [5.74, 6) is -1.42. The molecule has 0 aliphatic rings. The van der Waals surface area contributed by atoms with Crippen LogP contribution in [0, 0.1) is 0 Å². The molecule has 0 saturated heterocycles. The van der Waals surface area contributed by atoms with Crippen LogP contribution in [0.25, 0.3) is 0 Å². The van der Waals surface area contributed by atoms with E-state index in [0.29, 0.717) is 0 Å². The van der Waals surface area contributed by atoms with Crippen molar-refractivity contribution in [2.45, 2.75) is 13.8 Å². The Morgan fingerprint density at radius 2 is 1.73 bits per heavy atom. The Morgan fingerprint density at radius 3 is 2.23 bits per heavy atom. The molecule has 1 aromatic rings. The molecular weight excluding hydrogens is 284 g/mol. The van der Waals surface area contributed by atoms with Crippen molar-refractivity contribution in [3.63, 3.8) is 0 Å². The minimum atomic E-state index is -0.711. The summed E-state index contributed by atoms with van der Waals surface area (Å²) in [4.78, 5) is 25.6. The van der Waals surface area contributed by atoms with Crippen molar-refractivity contribution in [2.24, 2.45) is 0 Å². The third-order valence-electron chi connectivity index (χ3n) is 2.74. The van der Waals surface area contributed by atoms with Crippen LogP contribution in [0.4, 0.5) is 11.4 Å². The van der Waals surface area contributed by atoms with Gasteiger partial charge >= 0.3 is 11.9 Å². The van der Waals surface area contributed by atoms with Gasteiger partial charge < -0.3 is 19.7 Å². The highest BCUT2D eigenvalue weighted by molar-refractivity contribution is 6.14. The zero-order valence-electron chi connectivity index (χ0n) is 13.4. The second-order valence-corrected chi connectivity index (χ2v) is 4.59. The van der Waals surface area contributed by atoms with E-state index < -0.39 is 11.9 Å². The molecule has 120 valence electrons. The van der Waals surface area contributed by atoms with Crippen LogP contribution in [0.5, 0.6) is 0 Å². The van der Waals surface area contributed by atoms with Crippen LogP contribution in [0.2, 0.25) is 0 Å². The Hall–Kier alpha value is -2.50. The Morgan fingerprint density at radius 1 is 1.14 bits per heavy atom. The molecule has 6 heteroatoms. The standard InChI is InChI=1S/C16H22N2O4/c1-5-21-15(19)14(16(20)22-6-2)11-17-12-8-7-9-13(10-12)18(3)4/h7-11,17H,5-6H2,1-4H3. The average Bonchev–Trinajstić information content (AvgIpc) is 2.48. The summed E-state index contributed by atoms with van der Waals surface area (Å²) in [6.07, 6.45) is 1.31. The fourth-order valence-electron chi connectivity index (χ4n) is 1.65. The third-order valence-corrected chi connectivity index (χ3v) is 2.74. The smallest absolute Gasteiger partial charge is 0.347 e. The maximum Gasteiger partial charge on any atom is 0.347 e. The van der Waals surface area contributed by atoms with Gasteiger partial charge in [0, 0.05) is 31.7 Å². The van der Waals surface area contributed by atoms with E-state index in [1.165, 1.54) is 6.20 Å². The highest BCUT2D eigenvalue weighted by Crippen LogP contribution is 2.17. The van der Waals surface area contributed by atoms with E-state index in [9.17, 15) is 9.59 Å². The molecule has 0 unspecified atom stereocenters. The summed E-state index contributed by atoms with van der Waals surface area (Å²) in [5, 5.41) is 2.93. The van der Waals surface area contributed by atoms with Gasteiger partial charge in [0.1, 0.15) is 0 Å². The summed E-state index contributed by atoms with van der Waals surface area (Å²) < 4.78 is 9.73. The molecular formula is C16H22N2O4. The van der Waals surface area contributed by atoms with Crippen LogP contribution in [0.1, 0.15) is 13.8 Å². The largest absolute Gasteiger partial charge is 0.462 e. The van der Waals surface area contributed by atoms with E-state index in [4.69, 9.17) is 9.47 Å². The van der Waals surface area contributed by atoms with Crippen LogP contribution in [0.15, 0.2) is 36.0 Å². The highest BCUT2D eigenvalue weighted by Gasteiger charge is 2.20. The molecule has 1 N–H and O–H groups in total. The molecule has 0 fully saturated rings. The molecule has 0 spiro atoms.